The molecule has 28 heavy (non-hydrogen) atoms. The first-order valence-corrected chi connectivity index (χ1v) is 9.31. The van der Waals surface area contributed by atoms with Crippen molar-refractivity contribution in [1.29, 1.82) is 0 Å². The fourth-order valence-electron chi connectivity index (χ4n) is 3.61. The number of nitrogens with zero attached hydrogens (tertiary/aromatic N) is 1. The Bertz CT molecular complexity index is 1060. The number of benzene rings is 3. The van der Waals surface area contributed by atoms with E-state index in [9.17, 15) is 9.59 Å². The van der Waals surface area contributed by atoms with Crippen LogP contribution in [0.1, 0.15) is 38.7 Å². The molecule has 1 unspecified atom stereocenters. The van der Waals surface area contributed by atoms with E-state index in [0.717, 1.165) is 5.56 Å². The van der Waals surface area contributed by atoms with E-state index in [0.29, 0.717) is 27.6 Å². The van der Waals surface area contributed by atoms with Crippen LogP contribution < -0.4 is 9.64 Å². The van der Waals surface area contributed by atoms with Gasteiger partial charge >= 0.3 is 0 Å². The number of rotatable bonds is 5. The fraction of sp³-hybridized carbons (Fsp3) is 0.130. The van der Waals surface area contributed by atoms with Crippen LogP contribution in [-0.4, -0.2) is 18.8 Å². The van der Waals surface area contributed by atoms with Crippen molar-refractivity contribution < 1.29 is 14.3 Å². The molecular weight excluding hydrogens is 374 g/mol. The van der Waals surface area contributed by atoms with Gasteiger partial charge in [-0.25, -0.2) is 0 Å². The Morgan fingerprint density at radius 2 is 1.82 bits per heavy atom. The zero-order chi connectivity index (χ0) is 19.7. The Morgan fingerprint density at radius 1 is 1.04 bits per heavy atom. The maximum absolute atomic E-state index is 13.1. The predicted molar refractivity (Wildman–Crippen MR) is 109 cm³/mol. The largest absolute Gasteiger partial charge is 0.497 e. The summed E-state index contributed by atoms with van der Waals surface area (Å²) in [6.07, 6.45) is 0.169. The van der Waals surface area contributed by atoms with Crippen molar-refractivity contribution in [3.63, 3.8) is 0 Å². The molecule has 0 aliphatic carbocycles. The quantitative estimate of drug-likeness (QED) is 0.553. The molecule has 0 N–H and O–H groups in total. The lowest BCUT2D eigenvalue weighted by molar-refractivity contribution is 0.0960. The van der Waals surface area contributed by atoms with E-state index in [1.807, 2.05) is 24.3 Å². The molecule has 1 aliphatic heterocycles. The van der Waals surface area contributed by atoms with Crippen LogP contribution in [0.4, 0.5) is 5.69 Å². The van der Waals surface area contributed by atoms with Gasteiger partial charge in [-0.1, -0.05) is 48.0 Å². The Balaban J connectivity index is 1.73. The maximum atomic E-state index is 13.1. The van der Waals surface area contributed by atoms with Crippen LogP contribution >= 0.6 is 11.6 Å². The molecular formula is C23H18ClNO3. The van der Waals surface area contributed by atoms with E-state index < -0.39 is 0 Å². The molecule has 0 fully saturated rings. The first-order valence-electron chi connectivity index (χ1n) is 8.94. The molecule has 4 rings (SSSR count). The number of ether oxygens (including phenoxy) is 1. The van der Waals surface area contributed by atoms with Gasteiger partial charge in [-0.2, -0.15) is 0 Å². The maximum Gasteiger partial charge on any atom is 0.259 e. The monoisotopic (exact) mass is 391 g/mol. The Hall–Kier alpha value is -3.11. The first-order chi connectivity index (χ1) is 13.6. The second-order valence-electron chi connectivity index (χ2n) is 6.62. The van der Waals surface area contributed by atoms with Crippen LogP contribution in [0.5, 0.6) is 5.75 Å². The molecule has 4 nitrogen and oxygen atoms in total. The third-order valence-electron chi connectivity index (χ3n) is 4.94. The number of amides is 1. The van der Waals surface area contributed by atoms with Crippen molar-refractivity contribution in [2.45, 2.75) is 12.5 Å². The minimum absolute atomic E-state index is 0.0552. The van der Waals surface area contributed by atoms with E-state index >= 15 is 0 Å². The SMILES string of the molecule is COc1cccc(C(=O)CC2c3ccccc3C(=O)N2c2cccc(Cl)c2)c1. The van der Waals surface area contributed by atoms with Gasteiger partial charge in [0.2, 0.25) is 0 Å². The van der Waals surface area contributed by atoms with Crippen molar-refractivity contribution in [3.8, 4) is 5.75 Å². The van der Waals surface area contributed by atoms with E-state index in [1.165, 1.54) is 0 Å². The number of fused-ring (bicyclic) bond motifs is 1. The van der Waals surface area contributed by atoms with Crippen LogP contribution in [0.15, 0.2) is 72.8 Å². The molecule has 1 atom stereocenters. The zero-order valence-electron chi connectivity index (χ0n) is 15.3. The van der Waals surface area contributed by atoms with Crippen LogP contribution in [0.3, 0.4) is 0 Å². The summed E-state index contributed by atoms with van der Waals surface area (Å²) in [4.78, 5) is 27.8. The van der Waals surface area contributed by atoms with Gasteiger partial charge in [-0.15, -0.1) is 0 Å². The smallest absolute Gasteiger partial charge is 0.259 e. The molecule has 0 aromatic heterocycles. The van der Waals surface area contributed by atoms with Crippen molar-refractivity contribution in [2.75, 3.05) is 12.0 Å². The molecule has 0 saturated heterocycles. The topological polar surface area (TPSA) is 46.6 Å². The highest BCUT2D eigenvalue weighted by molar-refractivity contribution is 6.31. The average molecular weight is 392 g/mol. The Labute approximate surface area is 168 Å². The number of halogens is 1. The second-order valence-corrected chi connectivity index (χ2v) is 7.05. The van der Waals surface area contributed by atoms with Gasteiger partial charge in [-0.05, 0) is 42.0 Å². The molecule has 140 valence electrons. The van der Waals surface area contributed by atoms with E-state index in [2.05, 4.69) is 0 Å². The summed E-state index contributed by atoms with van der Waals surface area (Å²) in [5.41, 5.74) is 2.70. The molecule has 0 spiro atoms. The van der Waals surface area contributed by atoms with E-state index in [1.54, 1.807) is 60.5 Å². The number of methoxy groups -OCH3 is 1. The summed E-state index contributed by atoms with van der Waals surface area (Å²) >= 11 is 6.15. The van der Waals surface area contributed by atoms with Gasteiger partial charge in [0.05, 0.1) is 13.2 Å². The fourth-order valence-corrected chi connectivity index (χ4v) is 3.79. The van der Waals surface area contributed by atoms with Crippen molar-refractivity contribution in [2.24, 2.45) is 0 Å². The highest BCUT2D eigenvalue weighted by Crippen LogP contribution is 2.40. The van der Waals surface area contributed by atoms with E-state index in [4.69, 9.17) is 16.3 Å². The molecule has 1 heterocycles. The summed E-state index contributed by atoms with van der Waals surface area (Å²) in [7, 11) is 1.57. The Morgan fingerprint density at radius 3 is 2.61 bits per heavy atom. The number of anilines is 1. The summed E-state index contributed by atoms with van der Waals surface area (Å²) in [5.74, 6) is 0.446. The van der Waals surface area contributed by atoms with Gasteiger partial charge < -0.3 is 9.64 Å². The molecule has 0 saturated carbocycles. The molecule has 0 radical (unpaired) electrons. The number of carbonyl (C=O) groups is 2. The number of carbonyl (C=O) groups excluding carboxylic acids is 2. The van der Waals surface area contributed by atoms with Crippen LogP contribution in [-0.2, 0) is 0 Å². The minimum atomic E-state index is -0.388. The summed E-state index contributed by atoms with van der Waals surface area (Å²) in [6, 6.07) is 21.2. The highest BCUT2D eigenvalue weighted by Gasteiger charge is 2.38. The summed E-state index contributed by atoms with van der Waals surface area (Å²) < 4.78 is 5.22. The number of ketones is 1. The summed E-state index contributed by atoms with van der Waals surface area (Å²) in [6.45, 7) is 0. The molecule has 3 aromatic carbocycles. The van der Waals surface area contributed by atoms with Gasteiger partial charge in [0.1, 0.15) is 5.75 Å². The van der Waals surface area contributed by atoms with Crippen LogP contribution in [0.25, 0.3) is 0 Å². The van der Waals surface area contributed by atoms with Crippen molar-refractivity contribution >= 4 is 29.0 Å². The first kappa shape index (κ1) is 18.3. The van der Waals surface area contributed by atoms with E-state index in [-0.39, 0.29) is 24.2 Å². The average Bonchev–Trinajstić information content (AvgIpc) is 3.00. The second kappa shape index (κ2) is 7.49. The number of hydrogen-bond donors (Lipinski definition) is 0. The third kappa shape index (κ3) is 3.27. The lowest BCUT2D eigenvalue weighted by Crippen LogP contribution is -2.29. The predicted octanol–water partition coefficient (Wildman–Crippen LogP) is 5.32. The third-order valence-corrected chi connectivity index (χ3v) is 5.17. The normalized spacial score (nSPS) is 15.4. The van der Waals surface area contributed by atoms with Crippen LogP contribution in [0, 0.1) is 0 Å². The molecule has 5 heteroatoms. The van der Waals surface area contributed by atoms with Gasteiger partial charge in [0.25, 0.3) is 5.91 Å². The zero-order valence-corrected chi connectivity index (χ0v) is 16.0. The van der Waals surface area contributed by atoms with Gasteiger partial charge in [0, 0.05) is 28.3 Å². The molecule has 1 amide bonds. The number of hydrogen-bond acceptors (Lipinski definition) is 3. The lowest BCUT2D eigenvalue weighted by Gasteiger charge is -2.25. The molecule has 0 bridgehead atoms. The van der Waals surface area contributed by atoms with Gasteiger partial charge in [0.15, 0.2) is 5.78 Å². The Kier molecular flexibility index (Phi) is 4.88. The van der Waals surface area contributed by atoms with Crippen molar-refractivity contribution in [3.05, 3.63) is 94.5 Å². The molecule has 3 aromatic rings. The van der Waals surface area contributed by atoms with Gasteiger partial charge in [-0.3, -0.25) is 9.59 Å². The molecule has 1 aliphatic rings. The standard InChI is InChI=1S/C23H18ClNO3/c1-28-18-9-4-6-15(12-18)22(26)14-21-19-10-2-3-11-20(19)23(27)25(21)17-8-5-7-16(24)13-17/h2-13,21H,14H2,1H3. The minimum Gasteiger partial charge on any atom is -0.497 e. The van der Waals surface area contributed by atoms with Crippen molar-refractivity contribution in [1.82, 2.24) is 0 Å². The number of Topliss-reactive ketones (excluding diaryl/α,β-unsaturated/α-hetero) is 1. The van der Waals surface area contributed by atoms with Crippen LogP contribution in [0.2, 0.25) is 5.02 Å². The lowest BCUT2D eigenvalue weighted by atomic mass is 9.97. The highest BCUT2D eigenvalue weighted by atomic mass is 35.5. The summed E-state index contributed by atoms with van der Waals surface area (Å²) in [5, 5.41) is 0.541.